The van der Waals surface area contributed by atoms with Gasteiger partial charge in [0.15, 0.2) is 0 Å². The Balaban J connectivity index is 2.38. The lowest BCUT2D eigenvalue weighted by molar-refractivity contribution is -0.137. The lowest BCUT2D eigenvalue weighted by Gasteiger charge is -2.18. The van der Waals surface area contributed by atoms with Gasteiger partial charge in [0.25, 0.3) is 0 Å². The maximum Gasteiger partial charge on any atom is 0.303 e. The monoisotopic (exact) mass is 235 g/mol. The molecule has 0 amide bonds. The molecule has 0 aromatic rings. The largest absolute Gasteiger partial charge is 0.481 e. The summed E-state index contributed by atoms with van der Waals surface area (Å²) in [6, 6.07) is 0. The molecule has 1 saturated heterocycles. The number of carboxylic acid groups (broad SMARTS) is 1. The molecule has 88 valence electrons. The highest BCUT2D eigenvalue weighted by atomic mass is 32.2. The fourth-order valence-electron chi connectivity index (χ4n) is 1.71. The molecule has 1 rings (SSSR count). The Kier molecular flexibility index (Phi) is 4.10. The number of aliphatic carboxylic acids is 1. The van der Waals surface area contributed by atoms with Gasteiger partial charge >= 0.3 is 5.97 Å². The van der Waals surface area contributed by atoms with Crippen LogP contribution in [0.4, 0.5) is 0 Å². The average Bonchev–Trinajstić information content (AvgIpc) is 2.43. The molecule has 1 heterocycles. The first-order valence-corrected chi connectivity index (χ1v) is 6.72. The van der Waals surface area contributed by atoms with Gasteiger partial charge in [-0.2, -0.15) is 0 Å². The van der Waals surface area contributed by atoms with Crippen LogP contribution in [0.25, 0.3) is 0 Å². The molecule has 0 spiro atoms. The molecule has 1 unspecified atom stereocenters. The number of hydrogen-bond acceptors (Lipinski definition) is 3. The topological polar surface area (TPSA) is 74.7 Å². The second kappa shape index (κ2) is 4.94. The van der Waals surface area contributed by atoms with Crippen molar-refractivity contribution in [1.82, 2.24) is 4.31 Å². The predicted octanol–water partition coefficient (Wildman–Crippen LogP) is 0.523. The van der Waals surface area contributed by atoms with E-state index < -0.39 is 16.0 Å². The van der Waals surface area contributed by atoms with E-state index in [9.17, 15) is 13.2 Å². The smallest absolute Gasteiger partial charge is 0.303 e. The third kappa shape index (κ3) is 3.79. The van der Waals surface area contributed by atoms with Gasteiger partial charge in [-0.05, 0) is 18.8 Å². The van der Waals surface area contributed by atoms with Crippen LogP contribution in [0.15, 0.2) is 0 Å². The molecule has 1 fully saturated rings. The molecule has 0 aromatic carbocycles. The van der Waals surface area contributed by atoms with E-state index in [0.29, 0.717) is 25.9 Å². The SMILES string of the molecule is CC(CCC(=O)O)CN1CCCS1(=O)=O. The van der Waals surface area contributed by atoms with Crippen molar-refractivity contribution in [2.75, 3.05) is 18.8 Å². The van der Waals surface area contributed by atoms with Crippen LogP contribution in [-0.4, -0.2) is 42.6 Å². The predicted molar refractivity (Wildman–Crippen MR) is 56.0 cm³/mol. The Morgan fingerprint density at radius 1 is 1.53 bits per heavy atom. The average molecular weight is 235 g/mol. The third-order valence-corrected chi connectivity index (χ3v) is 4.49. The first kappa shape index (κ1) is 12.4. The van der Waals surface area contributed by atoms with Crippen LogP contribution in [-0.2, 0) is 14.8 Å². The molecular formula is C9H17NO4S. The minimum atomic E-state index is -3.03. The second-order valence-electron chi connectivity index (χ2n) is 4.07. The molecule has 1 N–H and O–H groups in total. The zero-order valence-electron chi connectivity index (χ0n) is 8.85. The third-order valence-electron chi connectivity index (χ3n) is 2.57. The van der Waals surface area contributed by atoms with Crippen molar-refractivity contribution < 1.29 is 18.3 Å². The van der Waals surface area contributed by atoms with Gasteiger partial charge in [0, 0.05) is 19.5 Å². The van der Waals surface area contributed by atoms with Gasteiger partial charge in [-0.3, -0.25) is 4.79 Å². The first-order valence-electron chi connectivity index (χ1n) is 5.11. The van der Waals surface area contributed by atoms with Gasteiger partial charge in [-0.25, -0.2) is 12.7 Å². The number of nitrogens with zero attached hydrogens (tertiary/aromatic N) is 1. The van der Waals surface area contributed by atoms with Gasteiger partial charge in [0.05, 0.1) is 5.75 Å². The Morgan fingerprint density at radius 3 is 2.67 bits per heavy atom. The summed E-state index contributed by atoms with van der Waals surface area (Å²) in [7, 11) is -3.03. The fraction of sp³-hybridized carbons (Fsp3) is 0.889. The normalized spacial score (nSPS) is 22.7. The lowest BCUT2D eigenvalue weighted by atomic mass is 10.1. The summed E-state index contributed by atoms with van der Waals surface area (Å²) in [5.41, 5.74) is 0. The van der Waals surface area contributed by atoms with Gasteiger partial charge < -0.3 is 5.11 Å². The van der Waals surface area contributed by atoms with Crippen molar-refractivity contribution >= 4 is 16.0 Å². The van der Waals surface area contributed by atoms with E-state index in [2.05, 4.69) is 0 Å². The molecule has 6 heteroatoms. The Hall–Kier alpha value is -0.620. The van der Waals surface area contributed by atoms with Crippen molar-refractivity contribution in [1.29, 1.82) is 0 Å². The Bertz CT molecular complexity index is 325. The molecule has 0 aliphatic carbocycles. The van der Waals surface area contributed by atoms with E-state index in [4.69, 9.17) is 5.11 Å². The minimum Gasteiger partial charge on any atom is -0.481 e. The minimum absolute atomic E-state index is 0.106. The standard InChI is InChI=1S/C9H17NO4S/c1-8(3-4-9(11)12)7-10-5-2-6-15(10,13)14/h8H,2-7H2,1H3,(H,11,12). The maximum atomic E-state index is 11.4. The van der Waals surface area contributed by atoms with Crippen molar-refractivity contribution in [3.05, 3.63) is 0 Å². The molecule has 15 heavy (non-hydrogen) atoms. The highest BCUT2D eigenvalue weighted by Gasteiger charge is 2.28. The second-order valence-corrected chi connectivity index (χ2v) is 6.15. The summed E-state index contributed by atoms with van der Waals surface area (Å²) in [4.78, 5) is 10.3. The van der Waals surface area contributed by atoms with E-state index in [1.807, 2.05) is 6.92 Å². The Labute approximate surface area is 90.1 Å². The van der Waals surface area contributed by atoms with Gasteiger partial charge in [0.2, 0.25) is 10.0 Å². The Morgan fingerprint density at radius 2 is 2.20 bits per heavy atom. The van der Waals surface area contributed by atoms with Crippen LogP contribution < -0.4 is 0 Å². The highest BCUT2D eigenvalue weighted by molar-refractivity contribution is 7.89. The summed E-state index contributed by atoms with van der Waals surface area (Å²) in [6.07, 6.45) is 1.32. The maximum absolute atomic E-state index is 11.4. The summed E-state index contributed by atoms with van der Waals surface area (Å²) in [6.45, 7) is 2.92. The zero-order chi connectivity index (χ0) is 11.5. The van der Waals surface area contributed by atoms with Crippen LogP contribution in [0.1, 0.15) is 26.2 Å². The molecule has 0 radical (unpaired) electrons. The van der Waals surface area contributed by atoms with Gasteiger partial charge in [0.1, 0.15) is 0 Å². The van der Waals surface area contributed by atoms with Gasteiger partial charge in [-0.15, -0.1) is 0 Å². The van der Waals surface area contributed by atoms with E-state index in [-0.39, 0.29) is 18.1 Å². The molecule has 0 saturated carbocycles. The molecule has 1 atom stereocenters. The molecule has 0 bridgehead atoms. The lowest BCUT2D eigenvalue weighted by Crippen LogP contribution is -2.30. The molecule has 0 aromatic heterocycles. The summed E-state index contributed by atoms with van der Waals surface area (Å²) >= 11 is 0. The molecule has 1 aliphatic rings. The summed E-state index contributed by atoms with van der Waals surface area (Å²) < 4.78 is 24.4. The van der Waals surface area contributed by atoms with Crippen LogP contribution in [0.5, 0.6) is 0 Å². The summed E-state index contributed by atoms with van der Waals surface area (Å²) in [5, 5.41) is 8.49. The van der Waals surface area contributed by atoms with Crippen LogP contribution >= 0.6 is 0 Å². The zero-order valence-corrected chi connectivity index (χ0v) is 9.66. The van der Waals surface area contributed by atoms with E-state index >= 15 is 0 Å². The van der Waals surface area contributed by atoms with E-state index in [1.165, 1.54) is 4.31 Å². The number of carbonyl (C=O) groups is 1. The molecule has 1 aliphatic heterocycles. The summed E-state index contributed by atoms with van der Waals surface area (Å²) in [5.74, 6) is -0.487. The first-order chi connectivity index (χ1) is 6.92. The van der Waals surface area contributed by atoms with Crippen molar-refractivity contribution in [3.8, 4) is 0 Å². The van der Waals surface area contributed by atoms with Crippen LogP contribution in [0.2, 0.25) is 0 Å². The number of rotatable bonds is 5. The highest BCUT2D eigenvalue weighted by Crippen LogP contribution is 2.17. The van der Waals surface area contributed by atoms with Crippen molar-refractivity contribution in [2.24, 2.45) is 5.92 Å². The number of carboxylic acids is 1. The van der Waals surface area contributed by atoms with Crippen LogP contribution in [0.3, 0.4) is 0 Å². The van der Waals surface area contributed by atoms with Crippen molar-refractivity contribution in [3.63, 3.8) is 0 Å². The number of sulfonamides is 1. The quantitative estimate of drug-likeness (QED) is 0.754. The van der Waals surface area contributed by atoms with Gasteiger partial charge in [-0.1, -0.05) is 6.92 Å². The van der Waals surface area contributed by atoms with Crippen molar-refractivity contribution in [2.45, 2.75) is 26.2 Å². The van der Waals surface area contributed by atoms with E-state index in [0.717, 1.165) is 0 Å². The molecule has 5 nitrogen and oxygen atoms in total. The fourth-order valence-corrected chi connectivity index (χ4v) is 3.35. The molecular weight excluding hydrogens is 218 g/mol. The number of hydrogen-bond donors (Lipinski definition) is 1. The van der Waals surface area contributed by atoms with E-state index in [1.54, 1.807) is 0 Å². The van der Waals surface area contributed by atoms with Crippen LogP contribution in [0, 0.1) is 5.92 Å².